The Kier molecular flexibility index (Phi) is 10.4. The van der Waals surface area contributed by atoms with Gasteiger partial charge in [0.15, 0.2) is 6.29 Å². The largest absolute Gasteiger partial charge is 0.483 e. The van der Waals surface area contributed by atoms with Crippen molar-refractivity contribution in [1.82, 2.24) is 0 Å². The molecule has 0 saturated heterocycles. The molecule has 0 radical (unpaired) electrons. The van der Waals surface area contributed by atoms with Gasteiger partial charge < -0.3 is 35.4 Å². The van der Waals surface area contributed by atoms with E-state index in [1.54, 1.807) is 0 Å². The summed E-state index contributed by atoms with van der Waals surface area (Å²) in [5, 5.41) is 50.4. The van der Waals surface area contributed by atoms with Crippen LogP contribution in [0.15, 0.2) is 0 Å². The lowest BCUT2D eigenvalue weighted by molar-refractivity contribution is -0.136. The molecule has 0 aromatic rings. The summed E-state index contributed by atoms with van der Waals surface area (Å²) in [4.78, 5) is 18.3. The summed E-state index contributed by atoms with van der Waals surface area (Å²) in [6.45, 7) is -1.01. The summed E-state index contributed by atoms with van der Waals surface area (Å²) in [7, 11) is 0. The van der Waals surface area contributed by atoms with Crippen molar-refractivity contribution in [3.05, 3.63) is 0 Å². The van der Waals surface area contributed by atoms with Crippen LogP contribution in [0.4, 0.5) is 0 Å². The third kappa shape index (κ3) is 6.94. The molecule has 8 nitrogen and oxygen atoms in total. The average molecular weight is 226 g/mol. The van der Waals surface area contributed by atoms with Crippen LogP contribution >= 0.6 is 0 Å². The van der Waals surface area contributed by atoms with Crippen LogP contribution in [0.3, 0.4) is 0 Å². The molecular formula is C7H14O8. The van der Waals surface area contributed by atoms with Crippen LogP contribution in [0.25, 0.3) is 0 Å². The summed E-state index contributed by atoms with van der Waals surface area (Å²) in [5.41, 5.74) is 0. The summed E-state index contributed by atoms with van der Waals surface area (Å²) >= 11 is 0. The maximum absolute atomic E-state index is 9.90. The highest BCUT2D eigenvalue weighted by molar-refractivity contribution is 5.56. The van der Waals surface area contributed by atoms with Crippen LogP contribution in [0, 0.1) is 0 Å². The molecule has 0 rings (SSSR count). The van der Waals surface area contributed by atoms with Crippen LogP contribution in [0.2, 0.25) is 0 Å². The van der Waals surface area contributed by atoms with Gasteiger partial charge in [0.25, 0.3) is 6.47 Å². The Hall–Kier alpha value is -1.06. The molecule has 0 aliphatic heterocycles. The van der Waals surface area contributed by atoms with E-state index in [1.165, 1.54) is 0 Å². The number of hydrogen-bond acceptors (Lipinski definition) is 7. The highest BCUT2D eigenvalue weighted by atomic mass is 16.4. The van der Waals surface area contributed by atoms with E-state index in [0.29, 0.717) is 0 Å². The van der Waals surface area contributed by atoms with Gasteiger partial charge in [-0.15, -0.1) is 0 Å². The third-order valence-electron chi connectivity index (χ3n) is 1.42. The summed E-state index contributed by atoms with van der Waals surface area (Å²) in [6.07, 6.45) is -6.84. The Balaban J connectivity index is 0. The fourth-order valence-electron chi connectivity index (χ4n) is 0.618. The first-order valence-electron chi connectivity index (χ1n) is 3.82. The van der Waals surface area contributed by atoms with E-state index in [0.717, 1.165) is 0 Å². The van der Waals surface area contributed by atoms with Crippen molar-refractivity contribution in [3.63, 3.8) is 0 Å². The number of hydrogen-bond donors (Lipinski definition) is 6. The van der Waals surface area contributed by atoms with Gasteiger partial charge in [-0.2, -0.15) is 0 Å². The number of aliphatic hydroxyl groups excluding tert-OH is 5. The van der Waals surface area contributed by atoms with Gasteiger partial charge in [0.05, 0.1) is 6.61 Å². The van der Waals surface area contributed by atoms with Crippen LogP contribution in [-0.2, 0) is 9.59 Å². The molecule has 0 spiro atoms. The van der Waals surface area contributed by atoms with Gasteiger partial charge in [-0.1, -0.05) is 0 Å². The van der Waals surface area contributed by atoms with Crippen molar-refractivity contribution in [3.8, 4) is 0 Å². The van der Waals surface area contributed by atoms with Crippen LogP contribution < -0.4 is 0 Å². The predicted molar refractivity (Wildman–Crippen MR) is 45.9 cm³/mol. The van der Waals surface area contributed by atoms with Gasteiger partial charge in [-0.05, 0) is 0 Å². The molecule has 0 fully saturated rings. The molecule has 0 aliphatic carbocycles. The zero-order valence-corrected chi connectivity index (χ0v) is 7.67. The van der Waals surface area contributed by atoms with Crippen molar-refractivity contribution in [2.75, 3.05) is 6.61 Å². The number of rotatable bonds is 5. The fraction of sp³-hybridized carbons (Fsp3) is 0.714. The van der Waals surface area contributed by atoms with Crippen molar-refractivity contribution in [2.45, 2.75) is 24.4 Å². The molecular weight excluding hydrogens is 212 g/mol. The van der Waals surface area contributed by atoms with E-state index in [1.807, 2.05) is 0 Å². The van der Waals surface area contributed by atoms with E-state index in [2.05, 4.69) is 0 Å². The molecule has 6 N–H and O–H groups in total. The Morgan fingerprint density at radius 2 is 1.40 bits per heavy atom. The van der Waals surface area contributed by atoms with Crippen molar-refractivity contribution in [2.24, 2.45) is 0 Å². The van der Waals surface area contributed by atoms with Gasteiger partial charge in [0.1, 0.15) is 24.4 Å². The molecule has 0 unspecified atom stereocenters. The third-order valence-corrected chi connectivity index (χ3v) is 1.42. The molecule has 0 aromatic heterocycles. The smallest absolute Gasteiger partial charge is 0.290 e. The lowest BCUT2D eigenvalue weighted by Crippen LogP contribution is -2.46. The Bertz CT molecular complexity index is 172. The van der Waals surface area contributed by atoms with E-state index >= 15 is 0 Å². The lowest BCUT2D eigenvalue weighted by atomic mass is 10.0. The molecule has 0 amide bonds. The van der Waals surface area contributed by atoms with Gasteiger partial charge in [-0.25, -0.2) is 0 Å². The topological polar surface area (TPSA) is 156 Å². The first-order chi connectivity index (χ1) is 6.95. The highest BCUT2D eigenvalue weighted by Crippen LogP contribution is 2.02. The Morgan fingerprint density at radius 1 is 1.00 bits per heavy atom. The monoisotopic (exact) mass is 226 g/mol. The lowest BCUT2D eigenvalue weighted by Gasteiger charge is -2.22. The second-order valence-electron chi connectivity index (χ2n) is 2.46. The summed E-state index contributed by atoms with van der Waals surface area (Å²) < 4.78 is 0. The number of carboxylic acid groups (broad SMARTS) is 1. The standard InChI is InChI=1S/C6H12O6.CH2O2/c7-1-3(9)5(11)6(12)4(10)2-8;2-1-3/h1,3-6,8-12H,2H2;1H,(H,2,3)/t3-,4-,5-,6-;/m1./s1. The molecule has 0 aromatic carbocycles. The van der Waals surface area contributed by atoms with Crippen LogP contribution in [-0.4, -0.2) is 74.4 Å². The summed E-state index contributed by atoms with van der Waals surface area (Å²) in [5.74, 6) is 0. The van der Waals surface area contributed by atoms with E-state index in [-0.39, 0.29) is 12.8 Å². The summed E-state index contributed by atoms with van der Waals surface area (Å²) in [6, 6.07) is 0. The van der Waals surface area contributed by atoms with Gasteiger partial charge >= 0.3 is 0 Å². The van der Waals surface area contributed by atoms with Crippen molar-refractivity contribution < 1.29 is 40.2 Å². The van der Waals surface area contributed by atoms with Crippen LogP contribution in [0.5, 0.6) is 0 Å². The first-order valence-corrected chi connectivity index (χ1v) is 3.82. The highest BCUT2D eigenvalue weighted by Gasteiger charge is 2.29. The maximum Gasteiger partial charge on any atom is 0.290 e. The average Bonchev–Trinajstić information content (AvgIpc) is 2.25. The molecule has 0 saturated carbocycles. The minimum Gasteiger partial charge on any atom is -0.483 e. The number of carbonyl (C=O) groups excluding carboxylic acids is 1. The second-order valence-corrected chi connectivity index (χ2v) is 2.46. The SMILES string of the molecule is O=CO.O=C[C@@H](O)[C@@H](O)[C@H](O)[C@H](O)CO. The number of aliphatic hydroxyl groups is 5. The minimum absolute atomic E-state index is 0.0258. The normalized spacial score (nSPS) is 17.7. The molecule has 4 atom stereocenters. The Morgan fingerprint density at radius 3 is 1.67 bits per heavy atom. The maximum atomic E-state index is 9.90. The molecule has 90 valence electrons. The zero-order valence-electron chi connectivity index (χ0n) is 7.67. The first kappa shape index (κ1) is 16.4. The molecule has 0 bridgehead atoms. The molecule has 0 aliphatic rings. The fourth-order valence-corrected chi connectivity index (χ4v) is 0.618. The van der Waals surface area contributed by atoms with E-state index < -0.39 is 31.0 Å². The van der Waals surface area contributed by atoms with Crippen LogP contribution in [0.1, 0.15) is 0 Å². The van der Waals surface area contributed by atoms with Gasteiger partial charge in [-0.3, -0.25) is 4.79 Å². The van der Waals surface area contributed by atoms with Gasteiger partial charge in [0, 0.05) is 0 Å². The van der Waals surface area contributed by atoms with Crippen molar-refractivity contribution >= 4 is 12.8 Å². The van der Waals surface area contributed by atoms with Crippen molar-refractivity contribution in [1.29, 1.82) is 0 Å². The second kappa shape index (κ2) is 9.49. The minimum atomic E-state index is -1.79. The number of carbonyl (C=O) groups is 2. The quantitative estimate of drug-likeness (QED) is 0.262. The predicted octanol–water partition coefficient (Wildman–Crippen LogP) is -3.68. The van der Waals surface area contributed by atoms with Gasteiger partial charge in [0.2, 0.25) is 0 Å². The van der Waals surface area contributed by atoms with E-state index in [4.69, 9.17) is 35.4 Å². The zero-order chi connectivity index (χ0) is 12.4. The molecule has 8 heteroatoms. The molecule has 0 heterocycles. The van der Waals surface area contributed by atoms with E-state index in [9.17, 15) is 4.79 Å². The molecule has 15 heavy (non-hydrogen) atoms. The number of aldehydes is 1. The Labute approximate surface area is 85.0 Å².